The Labute approximate surface area is 72.5 Å². The predicted molar refractivity (Wildman–Crippen MR) is 44.5 cm³/mol. The largest absolute Gasteiger partial charge is 0.299 e. The molecule has 4 fully saturated rings. The van der Waals surface area contributed by atoms with Gasteiger partial charge in [0.15, 0.2) is 0 Å². The molecule has 1 heteroatoms. The average molecular weight is 162 g/mol. The van der Waals surface area contributed by atoms with Gasteiger partial charge in [0.05, 0.1) is 0 Å². The molecule has 0 aromatic rings. The summed E-state index contributed by atoms with van der Waals surface area (Å²) in [5.74, 6) is 3.56. The van der Waals surface area contributed by atoms with Crippen LogP contribution in [0.5, 0.6) is 0 Å². The SMILES string of the molecule is O=C1C2CC3CCC4(C3)CC1C24. The molecule has 0 aromatic carbocycles. The molecule has 5 unspecified atom stereocenters. The van der Waals surface area contributed by atoms with Gasteiger partial charge in [0.1, 0.15) is 5.78 Å². The summed E-state index contributed by atoms with van der Waals surface area (Å²) in [6, 6.07) is 0. The van der Waals surface area contributed by atoms with E-state index in [9.17, 15) is 4.79 Å². The summed E-state index contributed by atoms with van der Waals surface area (Å²) in [4.78, 5) is 11.5. The van der Waals surface area contributed by atoms with Gasteiger partial charge in [-0.1, -0.05) is 0 Å². The fourth-order valence-corrected chi connectivity index (χ4v) is 4.87. The number of ketones is 1. The quantitative estimate of drug-likeness (QED) is 0.532. The van der Waals surface area contributed by atoms with Crippen LogP contribution in [0, 0.1) is 29.1 Å². The van der Waals surface area contributed by atoms with Gasteiger partial charge in [0.2, 0.25) is 0 Å². The molecule has 64 valence electrons. The maximum atomic E-state index is 11.5. The van der Waals surface area contributed by atoms with Crippen molar-refractivity contribution in [3.05, 3.63) is 0 Å². The van der Waals surface area contributed by atoms with E-state index in [1.165, 1.54) is 32.1 Å². The van der Waals surface area contributed by atoms with Crippen LogP contribution in [-0.2, 0) is 4.79 Å². The van der Waals surface area contributed by atoms with Crippen molar-refractivity contribution in [2.45, 2.75) is 32.1 Å². The lowest BCUT2D eigenvalue weighted by atomic mass is 9.37. The first-order valence-corrected chi connectivity index (χ1v) is 5.34. The minimum Gasteiger partial charge on any atom is -0.299 e. The van der Waals surface area contributed by atoms with Crippen LogP contribution in [0.2, 0.25) is 0 Å². The highest BCUT2D eigenvalue weighted by molar-refractivity contribution is 5.92. The zero-order chi connectivity index (χ0) is 7.92. The highest BCUT2D eigenvalue weighted by Gasteiger charge is 2.71. The van der Waals surface area contributed by atoms with E-state index in [2.05, 4.69) is 0 Å². The molecule has 0 N–H and O–H groups in total. The maximum absolute atomic E-state index is 11.5. The first kappa shape index (κ1) is 6.17. The highest BCUT2D eigenvalue weighted by Crippen LogP contribution is 2.74. The topological polar surface area (TPSA) is 17.1 Å². The van der Waals surface area contributed by atoms with E-state index in [0.717, 1.165) is 11.8 Å². The zero-order valence-electron chi connectivity index (χ0n) is 7.25. The van der Waals surface area contributed by atoms with Crippen LogP contribution < -0.4 is 0 Å². The van der Waals surface area contributed by atoms with Gasteiger partial charge in [-0.3, -0.25) is 4.79 Å². The van der Waals surface area contributed by atoms with Gasteiger partial charge in [0, 0.05) is 11.8 Å². The van der Waals surface area contributed by atoms with Crippen LogP contribution in [0.3, 0.4) is 0 Å². The highest BCUT2D eigenvalue weighted by atomic mass is 16.1. The molecule has 1 nitrogen and oxygen atoms in total. The Kier molecular flexibility index (Phi) is 0.779. The molecule has 5 atom stereocenters. The Balaban J connectivity index is 1.81. The van der Waals surface area contributed by atoms with Crippen LogP contribution in [0.25, 0.3) is 0 Å². The Morgan fingerprint density at radius 3 is 3.08 bits per heavy atom. The molecule has 12 heavy (non-hydrogen) atoms. The molecule has 0 radical (unpaired) electrons. The lowest BCUT2D eigenvalue weighted by molar-refractivity contribution is -0.193. The third-order valence-corrected chi connectivity index (χ3v) is 5.26. The molecule has 0 amide bonds. The molecular weight excluding hydrogens is 148 g/mol. The zero-order valence-corrected chi connectivity index (χ0v) is 7.25. The summed E-state index contributed by atoms with van der Waals surface area (Å²) in [5, 5.41) is 0. The number of carbonyl (C=O) groups is 1. The standard InChI is InChI=1S/C11H14O/c12-10-7-3-6-1-2-11(4-6)5-8(10)9(7)11/h6-9H,1-5H2. The normalized spacial score (nSPS) is 65.2. The number of hydrogen-bond acceptors (Lipinski definition) is 1. The molecule has 4 aliphatic carbocycles. The summed E-state index contributed by atoms with van der Waals surface area (Å²) in [5.41, 5.74) is 0.714. The van der Waals surface area contributed by atoms with Crippen LogP contribution in [0.4, 0.5) is 0 Å². The number of fused-ring (bicyclic) bond motifs is 1. The van der Waals surface area contributed by atoms with Crippen LogP contribution in [0.1, 0.15) is 32.1 Å². The van der Waals surface area contributed by atoms with Crippen molar-refractivity contribution in [3.63, 3.8) is 0 Å². The summed E-state index contributed by atoms with van der Waals surface area (Å²) in [7, 11) is 0. The van der Waals surface area contributed by atoms with E-state index >= 15 is 0 Å². The average Bonchev–Trinajstić information content (AvgIpc) is 2.42. The number of rotatable bonds is 0. The second-order valence-corrected chi connectivity index (χ2v) is 5.55. The Bertz CT molecular complexity index is 283. The molecule has 4 aliphatic rings. The summed E-state index contributed by atoms with van der Waals surface area (Å²) in [6.07, 6.45) is 6.93. The third kappa shape index (κ3) is 0.419. The molecule has 0 aromatic heterocycles. The molecule has 0 heterocycles. The van der Waals surface area contributed by atoms with Crippen molar-refractivity contribution in [2.24, 2.45) is 29.1 Å². The molecule has 0 aliphatic heterocycles. The van der Waals surface area contributed by atoms with E-state index < -0.39 is 0 Å². The lowest BCUT2D eigenvalue weighted by Gasteiger charge is -2.66. The number of hydrogen-bond donors (Lipinski definition) is 0. The van der Waals surface area contributed by atoms with Crippen LogP contribution in [0.15, 0.2) is 0 Å². The van der Waals surface area contributed by atoms with Gasteiger partial charge in [-0.2, -0.15) is 0 Å². The second-order valence-electron chi connectivity index (χ2n) is 5.55. The van der Waals surface area contributed by atoms with Gasteiger partial charge >= 0.3 is 0 Å². The summed E-state index contributed by atoms with van der Waals surface area (Å²) in [6.45, 7) is 0. The van der Waals surface area contributed by atoms with E-state index in [0.29, 0.717) is 23.0 Å². The van der Waals surface area contributed by atoms with Crippen molar-refractivity contribution < 1.29 is 4.79 Å². The first-order valence-electron chi connectivity index (χ1n) is 5.34. The monoisotopic (exact) mass is 162 g/mol. The smallest absolute Gasteiger partial charge is 0.139 e. The molecule has 2 bridgehead atoms. The maximum Gasteiger partial charge on any atom is 0.139 e. The van der Waals surface area contributed by atoms with Crippen LogP contribution in [-0.4, -0.2) is 5.78 Å². The molecular formula is C11H14O. The Hall–Kier alpha value is -0.330. The summed E-state index contributed by atoms with van der Waals surface area (Å²) >= 11 is 0. The van der Waals surface area contributed by atoms with Gasteiger partial charge in [-0.15, -0.1) is 0 Å². The predicted octanol–water partition coefficient (Wildman–Crippen LogP) is 2.01. The van der Waals surface area contributed by atoms with Crippen molar-refractivity contribution >= 4 is 5.78 Å². The molecule has 0 saturated heterocycles. The number of Topliss-reactive ketones (excluding diaryl/α,β-unsaturated/α-hetero) is 1. The van der Waals surface area contributed by atoms with Crippen molar-refractivity contribution in [1.82, 2.24) is 0 Å². The van der Waals surface area contributed by atoms with Crippen molar-refractivity contribution in [3.8, 4) is 0 Å². The van der Waals surface area contributed by atoms with Gasteiger partial charge in [-0.25, -0.2) is 0 Å². The lowest BCUT2D eigenvalue weighted by Crippen LogP contribution is -2.66. The molecule has 4 rings (SSSR count). The van der Waals surface area contributed by atoms with Crippen molar-refractivity contribution in [2.75, 3.05) is 0 Å². The number of carbonyl (C=O) groups excluding carboxylic acids is 1. The first-order chi connectivity index (χ1) is 5.80. The van der Waals surface area contributed by atoms with Crippen LogP contribution >= 0.6 is 0 Å². The third-order valence-electron chi connectivity index (χ3n) is 5.26. The van der Waals surface area contributed by atoms with Crippen molar-refractivity contribution in [1.29, 1.82) is 0 Å². The Morgan fingerprint density at radius 2 is 2.17 bits per heavy atom. The van der Waals surface area contributed by atoms with E-state index in [1.807, 2.05) is 0 Å². The van der Waals surface area contributed by atoms with E-state index in [4.69, 9.17) is 0 Å². The fraction of sp³-hybridized carbons (Fsp3) is 0.909. The van der Waals surface area contributed by atoms with Gasteiger partial charge < -0.3 is 0 Å². The molecule has 4 saturated carbocycles. The summed E-state index contributed by atoms with van der Waals surface area (Å²) < 4.78 is 0. The minimum atomic E-state index is 0.546. The van der Waals surface area contributed by atoms with E-state index in [1.54, 1.807) is 0 Å². The minimum absolute atomic E-state index is 0.546. The molecule has 1 spiro atoms. The van der Waals surface area contributed by atoms with E-state index in [-0.39, 0.29) is 0 Å². The second kappa shape index (κ2) is 1.51. The fourth-order valence-electron chi connectivity index (χ4n) is 4.87. The van der Waals surface area contributed by atoms with Gasteiger partial charge in [-0.05, 0) is 49.4 Å². The Morgan fingerprint density at radius 1 is 1.25 bits per heavy atom. The van der Waals surface area contributed by atoms with Gasteiger partial charge in [0.25, 0.3) is 0 Å².